The van der Waals surface area contributed by atoms with Crippen molar-refractivity contribution in [2.75, 3.05) is 44.6 Å². The molecule has 5 nitrogen and oxygen atoms in total. The van der Waals surface area contributed by atoms with Crippen LogP contribution in [0.1, 0.15) is 44.6 Å². The van der Waals surface area contributed by atoms with Crippen molar-refractivity contribution in [3.8, 4) is 0 Å². The fraction of sp³-hybridized carbons (Fsp3) is 0.650. The third kappa shape index (κ3) is 11.4. The maximum absolute atomic E-state index is 12.0. The molecule has 0 saturated carbocycles. The molecule has 1 aromatic rings. The lowest BCUT2D eigenvalue weighted by molar-refractivity contribution is -0.116. The Balaban J connectivity index is 0. The molecule has 1 aliphatic heterocycles. The zero-order valence-electron chi connectivity index (χ0n) is 16.9. The fourth-order valence-corrected chi connectivity index (χ4v) is 3.22. The SMILES string of the molecule is CCN1CCN(Cc2ccc(NC(=O)CCCCCCN)cc2)CC1.Cl.Cl.Cl. The molecule has 3 N–H and O–H groups in total. The average molecular weight is 456 g/mol. The summed E-state index contributed by atoms with van der Waals surface area (Å²) in [5.41, 5.74) is 7.68. The molecular weight excluding hydrogens is 419 g/mol. The van der Waals surface area contributed by atoms with E-state index >= 15 is 0 Å². The Hall–Kier alpha value is -0.560. The number of unbranched alkanes of at least 4 members (excludes halogenated alkanes) is 3. The molecule has 0 radical (unpaired) electrons. The number of rotatable bonds is 10. The molecule has 1 heterocycles. The molecule has 1 aliphatic rings. The molecule has 0 aliphatic carbocycles. The Morgan fingerprint density at radius 3 is 2.07 bits per heavy atom. The first-order chi connectivity index (χ1) is 12.2. The van der Waals surface area contributed by atoms with Crippen molar-refractivity contribution < 1.29 is 4.79 Å². The summed E-state index contributed by atoms with van der Waals surface area (Å²) in [6.45, 7) is 9.71. The first-order valence-corrected chi connectivity index (χ1v) is 9.75. The van der Waals surface area contributed by atoms with E-state index in [-0.39, 0.29) is 43.1 Å². The second kappa shape index (κ2) is 17.3. The highest BCUT2D eigenvalue weighted by Gasteiger charge is 2.15. The van der Waals surface area contributed by atoms with Crippen LogP contribution in [0.3, 0.4) is 0 Å². The van der Waals surface area contributed by atoms with Gasteiger partial charge in [-0.15, -0.1) is 37.2 Å². The smallest absolute Gasteiger partial charge is 0.224 e. The summed E-state index contributed by atoms with van der Waals surface area (Å²) >= 11 is 0. The Bertz CT molecular complexity index is 509. The number of nitrogens with one attached hydrogen (secondary N) is 1. The Kier molecular flexibility index (Phi) is 18.3. The minimum Gasteiger partial charge on any atom is -0.330 e. The molecule has 8 heteroatoms. The van der Waals surface area contributed by atoms with Gasteiger partial charge in [0.05, 0.1) is 0 Å². The van der Waals surface area contributed by atoms with Crippen molar-refractivity contribution >= 4 is 48.8 Å². The van der Waals surface area contributed by atoms with E-state index in [4.69, 9.17) is 5.73 Å². The highest BCUT2D eigenvalue weighted by atomic mass is 35.5. The predicted octanol–water partition coefficient (Wildman–Crippen LogP) is 3.94. The highest BCUT2D eigenvalue weighted by Crippen LogP contribution is 2.14. The van der Waals surface area contributed by atoms with Crippen LogP contribution in [0.4, 0.5) is 5.69 Å². The molecular formula is C20H37Cl3N4O. The number of piperazine rings is 1. The zero-order valence-corrected chi connectivity index (χ0v) is 19.3. The second-order valence-electron chi connectivity index (χ2n) is 6.91. The van der Waals surface area contributed by atoms with E-state index in [1.165, 1.54) is 5.56 Å². The quantitative estimate of drug-likeness (QED) is 0.525. The molecule has 0 bridgehead atoms. The van der Waals surface area contributed by atoms with Gasteiger partial charge in [-0.3, -0.25) is 9.69 Å². The van der Waals surface area contributed by atoms with Crippen molar-refractivity contribution in [1.29, 1.82) is 0 Å². The van der Waals surface area contributed by atoms with Crippen LogP contribution < -0.4 is 11.1 Å². The first kappa shape index (κ1) is 29.6. The van der Waals surface area contributed by atoms with E-state index in [0.717, 1.165) is 77.2 Å². The van der Waals surface area contributed by atoms with Crippen molar-refractivity contribution in [1.82, 2.24) is 9.80 Å². The van der Waals surface area contributed by atoms with Gasteiger partial charge >= 0.3 is 0 Å². The number of hydrogen-bond acceptors (Lipinski definition) is 4. The number of nitrogens with zero attached hydrogens (tertiary/aromatic N) is 2. The van der Waals surface area contributed by atoms with Gasteiger partial charge in [-0.05, 0) is 43.6 Å². The zero-order chi connectivity index (χ0) is 17.9. The number of benzene rings is 1. The van der Waals surface area contributed by atoms with Gasteiger partial charge < -0.3 is 16.0 Å². The Morgan fingerprint density at radius 2 is 1.50 bits per heavy atom. The molecule has 2 rings (SSSR count). The standard InChI is InChI=1S/C20H34N4O.3ClH/c1-2-23-13-15-24(16-14-23)17-18-8-10-19(11-9-18)22-20(25)7-5-3-4-6-12-21;;;/h8-11H,2-7,12-17,21H2,1H3,(H,22,25);3*1H. The van der Waals surface area contributed by atoms with Gasteiger partial charge in [-0.2, -0.15) is 0 Å². The van der Waals surface area contributed by atoms with Crippen LogP contribution in [0, 0.1) is 0 Å². The van der Waals surface area contributed by atoms with Crippen LogP contribution in [0.5, 0.6) is 0 Å². The molecule has 0 aromatic heterocycles. The molecule has 164 valence electrons. The van der Waals surface area contributed by atoms with E-state index in [2.05, 4.69) is 34.2 Å². The van der Waals surface area contributed by atoms with Crippen molar-refractivity contribution in [3.63, 3.8) is 0 Å². The average Bonchev–Trinajstić information content (AvgIpc) is 2.64. The number of carbonyl (C=O) groups is 1. The van der Waals surface area contributed by atoms with Gasteiger partial charge in [0, 0.05) is 44.8 Å². The van der Waals surface area contributed by atoms with Crippen molar-refractivity contribution in [3.05, 3.63) is 29.8 Å². The molecule has 1 amide bonds. The van der Waals surface area contributed by atoms with Gasteiger partial charge in [0.25, 0.3) is 0 Å². The summed E-state index contributed by atoms with van der Waals surface area (Å²) in [7, 11) is 0. The van der Waals surface area contributed by atoms with Crippen LogP contribution in [-0.4, -0.2) is 55.0 Å². The van der Waals surface area contributed by atoms with E-state index in [1.54, 1.807) is 0 Å². The van der Waals surface area contributed by atoms with E-state index < -0.39 is 0 Å². The van der Waals surface area contributed by atoms with Crippen molar-refractivity contribution in [2.45, 2.75) is 45.6 Å². The summed E-state index contributed by atoms with van der Waals surface area (Å²) in [4.78, 5) is 16.9. The first-order valence-electron chi connectivity index (χ1n) is 9.75. The number of nitrogens with two attached hydrogens (primary N) is 1. The van der Waals surface area contributed by atoms with Gasteiger partial charge in [-0.25, -0.2) is 0 Å². The number of carbonyl (C=O) groups excluding carboxylic acids is 1. The molecule has 0 spiro atoms. The number of halogens is 3. The van der Waals surface area contributed by atoms with E-state index in [9.17, 15) is 4.79 Å². The summed E-state index contributed by atoms with van der Waals surface area (Å²) < 4.78 is 0. The molecule has 1 saturated heterocycles. The normalized spacial score (nSPS) is 14.4. The van der Waals surface area contributed by atoms with Gasteiger partial charge in [-0.1, -0.05) is 31.9 Å². The summed E-state index contributed by atoms with van der Waals surface area (Å²) in [5, 5.41) is 2.99. The minimum absolute atomic E-state index is 0. The summed E-state index contributed by atoms with van der Waals surface area (Å²) in [6.07, 6.45) is 4.78. The van der Waals surface area contributed by atoms with Crippen LogP contribution in [0.2, 0.25) is 0 Å². The molecule has 0 unspecified atom stereocenters. The van der Waals surface area contributed by atoms with Crippen molar-refractivity contribution in [2.24, 2.45) is 5.73 Å². The van der Waals surface area contributed by atoms with Crippen LogP contribution in [-0.2, 0) is 11.3 Å². The lowest BCUT2D eigenvalue weighted by Gasteiger charge is -2.34. The number of hydrogen-bond donors (Lipinski definition) is 2. The van der Waals surface area contributed by atoms with Gasteiger partial charge in [0.1, 0.15) is 0 Å². The number of anilines is 1. The Morgan fingerprint density at radius 1 is 0.929 bits per heavy atom. The summed E-state index contributed by atoms with van der Waals surface area (Å²) in [6, 6.07) is 8.29. The highest BCUT2D eigenvalue weighted by molar-refractivity contribution is 5.90. The fourth-order valence-electron chi connectivity index (χ4n) is 3.22. The minimum atomic E-state index is 0. The topological polar surface area (TPSA) is 61.6 Å². The largest absolute Gasteiger partial charge is 0.330 e. The van der Waals surface area contributed by atoms with Gasteiger partial charge in [0.15, 0.2) is 0 Å². The monoisotopic (exact) mass is 454 g/mol. The van der Waals surface area contributed by atoms with Crippen LogP contribution in [0.25, 0.3) is 0 Å². The third-order valence-electron chi connectivity index (χ3n) is 4.91. The predicted molar refractivity (Wildman–Crippen MR) is 126 cm³/mol. The number of likely N-dealkylation sites (N-methyl/N-ethyl adjacent to an activating group) is 1. The molecule has 28 heavy (non-hydrogen) atoms. The van der Waals surface area contributed by atoms with Crippen LogP contribution >= 0.6 is 37.2 Å². The third-order valence-corrected chi connectivity index (χ3v) is 4.91. The lowest BCUT2D eigenvalue weighted by Crippen LogP contribution is -2.45. The summed E-state index contributed by atoms with van der Waals surface area (Å²) in [5.74, 6) is 0.108. The molecule has 0 atom stereocenters. The second-order valence-corrected chi connectivity index (χ2v) is 6.91. The molecule has 1 fully saturated rings. The maximum Gasteiger partial charge on any atom is 0.224 e. The van der Waals surface area contributed by atoms with Gasteiger partial charge in [0.2, 0.25) is 5.91 Å². The number of amides is 1. The maximum atomic E-state index is 12.0. The Labute approximate surface area is 189 Å². The van der Waals surface area contributed by atoms with Crippen LogP contribution in [0.15, 0.2) is 24.3 Å². The van der Waals surface area contributed by atoms with E-state index in [1.807, 2.05) is 12.1 Å². The molecule has 1 aromatic carbocycles. The van der Waals surface area contributed by atoms with E-state index in [0.29, 0.717) is 6.42 Å². The lowest BCUT2D eigenvalue weighted by atomic mass is 10.1.